The Kier molecular flexibility index (Phi) is 4.12. The number of carbonyl (C=O) groups is 2. The fourth-order valence-electron chi connectivity index (χ4n) is 2.32. The number of rotatable bonds is 5. The number of hydrogen-bond acceptors (Lipinski definition) is 7. The van der Waals surface area contributed by atoms with Crippen LogP contribution in [0.2, 0.25) is 0 Å². The Hall–Kier alpha value is -2.84. The van der Waals surface area contributed by atoms with E-state index >= 15 is 0 Å². The molecule has 0 bridgehead atoms. The SMILES string of the molecule is O=C(NCc1ccc(C(=O)c2ccco2)s1)c1ccc2nsnc2c1. The van der Waals surface area contributed by atoms with Gasteiger partial charge in [-0.2, -0.15) is 8.75 Å². The molecule has 0 aliphatic rings. The lowest BCUT2D eigenvalue weighted by Gasteiger charge is -2.03. The molecule has 0 unspecified atom stereocenters. The molecule has 0 radical (unpaired) electrons. The molecule has 0 fully saturated rings. The first-order valence-corrected chi connectivity index (χ1v) is 8.93. The maximum Gasteiger partial charge on any atom is 0.251 e. The number of benzene rings is 1. The summed E-state index contributed by atoms with van der Waals surface area (Å²) in [5.41, 5.74) is 2.02. The van der Waals surface area contributed by atoms with Crippen LogP contribution in [0.5, 0.6) is 0 Å². The third-order valence-corrected chi connectivity index (χ3v) is 5.21. The van der Waals surface area contributed by atoms with Gasteiger partial charge in [0, 0.05) is 10.4 Å². The molecule has 25 heavy (non-hydrogen) atoms. The average molecular weight is 369 g/mol. The largest absolute Gasteiger partial charge is 0.461 e. The first-order valence-electron chi connectivity index (χ1n) is 7.38. The van der Waals surface area contributed by atoms with Crippen molar-refractivity contribution in [2.45, 2.75) is 6.54 Å². The van der Waals surface area contributed by atoms with Crippen LogP contribution in [0.4, 0.5) is 0 Å². The normalized spacial score (nSPS) is 10.9. The predicted molar refractivity (Wildman–Crippen MR) is 95.0 cm³/mol. The van der Waals surface area contributed by atoms with Crippen LogP contribution in [0.25, 0.3) is 11.0 Å². The van der Waals surface area contributed by atoms with Crippen LogP contribution in [0.1, 0.15) is 30.7 Å². The Morgan fingerprint density at radius 1 is 1.08 bits per heavy atom. The fraction of sp³-hybridized carbons (Fsp3) is 0.0588. The molecule has 1 amide bonds. The molecular formula is C17H11N3O3S2. The summed E-state index contributed by atoms with van der Waals surface area (Å²) in [6, 6.07) is 12.1. The van der Waals surface area contributed by atoms with Gasteiger partial charge >= 0.3 is 0 Å². The molecule has 0 saturated heterocycles. The number of carbonyl (C=O) groups excluding carboxylic acids is 2. The summed E-state index contributed by atoms with van der Waals surface area (Å²) in [5.74, 6) is -0.0427. The smallest absolute Gasteiger partial charge is 0.251 e. The molecule has 1 N–H and O–H groups in total. The number of aromatic nitrogens is 2. The van der Waals surface area contributed by atoms with Crippen LogP contribution in [0, 0.1) is 0 Å². The van der Waals surface area contributed by atoms with E-state index in [0.29, 0.717) is 28.3 Å². The number of hydrogen-bond donors (Lipinski definition) is 1. The van der Waals surface area contributed by atoms with E-state index in [1.165, 1.54) is 17.6 Å². The molecular weight excluding hydrogens is 358 g/mol. The van der Waals surface area contributed by atoms with Crippen molar-refractivity contribution >= 4 is 45.8 Å². The second-order valence-corrected chi connectivity index (χ2v) is 6.92. The van der Waals surface area contributed by atoms with Crippen LogP contribution in [0.3, 0.4) is 0 Å². The summed E-state index contributed by atoms with van der Waals surface area (Å²) in [7, 11) is 0. The highest BCUT2D eigenvalue weighted by molar-refractivity contribution is 7.14. The van der Waals surface area contributed by atoms with E-state index in [0.717, 1.165) is 22.1 Å². The Labute approximate surface area is 150 Å². The number of furan rings is 1. The standard InChI is InChI=1S/C17H11N3O3S2/c21-16(14-2-1-7-23-14)15-6-4-11(24-15)9-18-17(22)10-3-5-12-13(8-10)20-25-19-12/h1-8H,9H2,(H,18,22). The van der Waals surface area contributed by atoms with Crippen molar-refractivity contribution in [3.63, 3.8) is 0 Å². The maximum absolute atomic E-state index is 12.3. The third-order valence-electron chi connectivity index (χ3n) is 3.57. The van der Waals surface area contributed by atoms with Crippen LogP contribution in [0.15, 0.2) is 53.1 Å². The van der Waals surface area contributed by atoms with Gasteiger partial charge in [0.05, 0.1) is 29.4 Å². The Balaban J connectivity index is 1.42. The minimum Gasteiger partial charge on any atom is -0.461 e. The monoisotopic (exact) mass is 369 g/mol. The molecule has 8 heteroatoms. The van der Waals surface area contributed by atoms with Crippen molar-refractivity contribution in [2.24, 2.45) is 0 Å². The van der Waals surface area contributed by atoms with E-state index in [1.54, 1.807) is 36.4 Å². The van der Waals surface area contributed by atoms with Crippen molar-refractivity contribution in [2.75, 3.05) is 0 Å². The van der Waals surface area contributed by atoms with Crippen molar-refractivity contribution in [3.8, 4) is 0 Å². The molecule has 0 aliphatic carbocycles. The van der Waals surface area contributed by atoms with Crippen molar-refractivity contribution in [1.29, 1.82) is 0 Å². The van der Waals surface area contributed by atoms with Gasteiger partial charge in [0.1, 0.15) is 11.0 Å². The molecule has 4 rings (SSSR count). The zero-order chi connectivity index (χ0) is 17.2. The summed E-state index contributed by atoms with van der Waals surface area (Å²) in [5, 5.41) is 2.85. The molecule has 0 atom stereocenters. The summed E-state index contributed by atoms with van der Waals surface area (Å²) in [6.45, 7) is 0.349. The van der Waals surface area contributed by atoms with Gasteiger partial charge in [0.25, 0.3) is 5.91 Å². The van der Waals surface area contributed by atoms with E-state index in [2.05, 4.69) is 14.1 Å². The van der Waals surface area contributed by atoms with Gasteiger partial charge in [0.15, 0.2) is 5.76 Å². The molecule has 0 spiro atoms. The summed E-state index contributed by atoms with van der Waals surface area (Å²) < 4.78 is 13.4. The zero-order valence-corrected chi connectivity index (χ0v) is 14.4. The van der Waals surface area contributed by atoms with Gasteiger partial charge in [-0.1, -0.05) is 0 Å². The first kappa shape index (κ1) is 15.7. The minimum absolute atomic E-state index is 0.158. The molecule has 3 heterocycles. The predicted octanol–water partition coefficient (Wildman–Crippen LogP) is 3.51. The van der Waals surface area contributed by atoms with E-state index in [9.17, 15) is 9.59 Å². The van der Waals surface area contributed by atoms with Crippen molar-refractivity contribution in [3.05, 3.63) is 69.8 Å². The van der Waals surface area contributed by atoms with E-state index in [4.69, 9.17) is 4.42 Å². The second kappa shape index (κ2) is 6.58. The quantitative estimate of drug-likeness (QED) is 0.544. The highest BCUT2D eigenvalue weighted by Crippen LogP contribution is 2.20. The molecule has 4 aromatic rings. The molecule has 0 saturated carbocycles. The number of nitrogens with zero attached hydrogens (tertiary/aromatic N) is 2. The van der Waals surface area contributed by atoms with Gasteiger partial charge in [0.2, 0.25) is 5.78 Å². The van der Waals surface area contributed by atoms with Crippen LogP contribution < -0.4 is 5.32 Å². The number of nitrogens with one attached hydrogen (secondary N) is 1. The lowest BCUT2D eigenvalue weighted by Crippen LogP contribution is -2.22. The topological polar surface area (TPSA) is 85.1 Å². The van der Waals surface area contributed by atoms with Gasteiger partial charge in [-0.15, -0.1) is 11.3 Å². The van der Waals surface area contributed by atoms with E-state index in [-0.39, 0.29) is 11.7 Å². The zero-order valence-electron chi connectivity index (χ0n) is 12.8. The van der Waals surface area contributed by atoms with Gasteiger partial charge in [-0.3, -0.25) is 9.59 Å². The summed E-state index contributed by atoms with van der Waals surface area (Å²) in [6.07, 6.45) is 1.47. The lowest BCUT2D eigenvalue weighted by atomic mass is 10.2. The van der Waals surface area contributed by atoms with Crippen LogP contribution in [-0.2, 0) is 6.54 Å². The van der Waals surface area contributed by atoms with Gasteiger partial charge in [-0.05, 0) is 42.5 Å². The van der Waals surface area contributed by atoms with Crippen molar-refractivity contribution < 1.29 is 14.0 Å². The molecule has 3 aromatic heterocycles. The fourth-order valence-corrected chi connectivity index (χ4v) is 3.73. The first-order chi connectivity index (χ1) is 12.2. The Bertz CT molecular complexity index is 1050. The highest BCUT2D eigenvalue weighted by atomic mass is 32.1. The van der Waals surface area contributed by atoms with Crippen LogP contribution in [-0.4, -0.2) is 20.4 Å². The van der Waals surface area contributed by atoms with Crippen molar-refractivity contribution in [1.82, 2.24) is 14.1 Å². The molecule has 124 valence electrons. The number of thiophene rings is 1. The second-order valence-electron chi connectivity index (χ2n) is 5.22. The number of ketones is 1. The van der Waals surface area contributed by atoms with E-state index in [1.807, 2.05) is 6.07 Å². The maximum atomic E-state index is 12.3. The lowest BCUT2D eigenvalue weighted by molar-refractivity contribution is 0.0950. The Morgan fingerprint density at radius 3 is 2.80 bits per heavy atom. The van der Waals surface area contributed by atoms with Crippen LogP contribution >= 0.6 is 23.1 Å². The minimum atomic E-state index is -0.192. The summed E-state index contributed by atoms with van der Waals surface area (Å²) >= 11 is 2.45. The molecule has 6 nitrogen and oxygen atoms in total. The van der Waals surface area contributed by atoms with Gasteiger partial charge < -0.3 is 9.73 Å². The van der Waals surface area contributed by atoms with E-state index < -0.39 is 0 Å². The Morgan fingerprint density at radius 2 is 1.96 bits per heavy atom. The molecule has 0 aliphatic heterocycles. The average Bonchev–Trinajstić information content (AvgIpc) is 3.39. The third kappa shape index (κ3) is 3.21. The van der Waals surface area contributed by atoms with Gasteiger partial charge in [-0.25, -0.2) is 0 Å². The number of fused-ring (bicyclic) bond motifs is 1. The summed E-state index contributed by atoms with van der Waals surface area (Å²) in [4.78, 5) is 25.9. The molecule has 1 aromatic carbocycles. The number of amides is 1. The highest BCUT2D eigenvalue weighted by Gasteiger charge is 2.15.